The summed E-state index contributed by atoms with van der Waals surface area (Å²) in [4.78, 5) is 38.2. The van der Waals surface area contributed by atoms with E-state index in [9.17, 15) is 14.4 Å². The number of nitrogens with one attached hydrogen (secondary N) is 4. The fourth-order valence-corrected chi connectivity index (χ4v) is 2.80. The van der Waals surface area contributed by atoms with Gasteiger partial charge in [-0.25, -0.2) is 0 Å². The highest BCUT2D eigenvalue weighted by atomic mass is 16.2. The third-order valence-electron chi connectivity index (χ3n) is 5.12. The van der Waals surface area contributed by atoms with Crippen LogP contribution in [0.1, 0.15) is 62.3 Å². The summed E-state index contributed by atoms with van der Waals surface area (Å²) in [5.74, 6) is -0.559. The molecule has 0 fully saturated rings. The van der Waals surface area contributed by atoms with Crippen molar-refractivity contribution >= 4 is 17.7 Å². The van der Waals surface area contributed by atoms with Crippen molar-refractivity contribution in [1.82, 2.24) is 21.3 Å². The van der Waals surface area contributed by atoms with Gasteiger partial charge < -0.3 is 21.3 Å². The maximum Gasteiger partial charge on any atom is 0.243 e. The van der Waals surface area contributed by atoms with Crippen LogP contribution < -0.4 is 21.3 Å². The molecule has 28 heavy (non-hydrogen) atoms. The minimum Gasteiger partial charge on any atom is -0.352 e. The zero-order chi connectivity index (χ0) is 22.2. The van der Waals surface area contributed by atoms with E-state index in [1.165, 1.54) is 0 Å². The number of carbonyl (C=O) groups is 3. The highest BCUT2D eigenvalue weighted by Crippen LogP contribution is 2.09. The molecule has 0 aromatic rings. The van der Waals surface area contributed by atoms with E-state index in [0.717, 1.165) is 0 Å². The van der Waals surface area contributed by atoms with Crippen molar-refractivity contribution in [3.8, 4) is 0 Å². The van der Waals surface area contributed by atoms with E-state index in [2.05, 4.69) is 21.3 Å². The van der Waals surface area contributed by atoms with E-state index in [4.69, 9.17) is 0 Å². The van der Waals surface area contributed by atoms with Crippen molar-refractivity contribution in [3.63, 3.8) is 0 Å². The molecular formula is C21H42N4O3. The molecule has 3 amide bonds. The Bertz CT molecular complexity index is 518. The van der Waals surface area contributed by atoms with Gasteiger partial charge in [-0.1, -0.05) is 55.4 Å². The Hall–Kier alpha value is -1.63. The second-order valence-electron chi connectivity index (χ2n) is 9.01. The van der Waals surface area contributed by atoms with E-state index < -0.39 is 12.1 Å². The molecule has 0 spiro atoms. The summed E-state index contributed by atoms with van der Waals surface area (Å²) in [7, 11) is 1.73. The molecule has 0 radical (unpaired) electrons. The smallest absolute Gasteiger partial charge is 0.243 e. The van der Waals surface area contributed by atoms with Gasteiger partial charge >= 0.3 is 0 Å². The van der Waals surface area contributed by atoms with Crippen molar-refractivity contribution in [3.05, 3.63) is 0 Å². The fraction of sp³-hybridized carbons (Fsp3) is 0.857. The van der Waals surface area contributed by atoms with Crippen LogP contribution in [0.25, 0.3) is 0 Å². The van der Waals surface area contributed by atoms with Crippen LogP contribution in [0.2, 0.25) is 0 Å². The Kier molecular flexibility index (Phi) is 11.3. The number of hydrogen-bond donors (Lipinski definition) is 4. The predicted octanol–water partition coefficient (Wildman–Crippen LogP) is 1.67. The summed E-state index contributed by atoms with van der Waals surface area (Å²) in [6.45, 7) is 17.4. The second-order valence-corrected chi connectivity index (χ2v) is 9.01. The van der Waals surface area contributed by atoms with E-state index in [-0.39, 0.29) is 47.6 Å². The zero-order valence-electron chi connectivity index (χ0n) is 19.3. The Labute approximate surface area is 171 Å². The summed E-state index contributed by atoms with van der Waals surface area (Å²) >= 11 is 0. The molecule has 0 aromatic heterocycles. The Balaban J connectivity index is 5.27. The first-order valence-electron chi connectivity index (χ1n) is 10.4. The lowest BCUT2D eigenvalue weighted by Gasteiger charge is -2.30. The Morgan fingerprint density at radius 3 is 1.11 bits per heavy atom. The first-order valence-corrected chi connectivity index (χ1v) is 10.4. The van der Waals surface area contributed by atoms with Crippen LogP contribution in [0.3, 0.4) is 0 Å². The van der Waals surface area contributed by atoms with Crippen molar-refractivity contribution in [2.45, 2.75) is 86.5 Å². The highest BCUT2D eigenvalue weighted by molar-refractivity contribution is 5.93. The van der Waals surface area contributed by atoms with E-state index in [1.54, 1.807) is 7.05 Å². The Morgan fingerprint density at radius 1 is 0.500 bits per heavy atom. The number of carbonyl (C=O) groups excluding carboxylic acids is 3. The van der Waals surface area contributed by atoms with Crippen molar-refractivity contribution in [2.75, 3.05) is 7.05 Å². The molecule has 0 aliphatic rings. The molecule has 7 nitrogen and oxygen atoms in total. The van der Waals surface area contributed by atoms with Crippen LogP contribution in [0.5, 0.6) is 0 Å². The third kappa shape index (κ3) is 8.17. The molecule has 0 aliphatic heterocycles. The van der Waals surface area contributed by atoms with E-state index in [1.807, 2.05) is 62.3 Å². The van der Waals surface area contributed by atoms with Crippen molar-refractivity contribution in [1.29, 1.82) is 0 Å². The van der Waals surface area contributed by atoms with E-state index >= 15 is 0 Å². The number of rotatable bonds is 11. The van der Waals surface area contributed by atoms with Gasteiger partial charge in [0.05, 0.1) is 6.04 Å². The van der Waals surface area contributed by atoms with Gasteiger partial charge in [-0.05, 0) is 37.6 Å². The summed E-state index contributed by atoms with van der Waals surface area (Å²) in [6.07, 6.45) is 0. The largest absolute Gasteiger partial charge is 0.352 e. The van der Waals surface area contributed by atoms with Crippen molar-refractivity contribution < 1.29 is 14.4 Å². The van der Waals surface area contributed by atoms with E-state index in [0.29, 0.717) is 5.92 Å². The summed E-state index contributed by atoms with van der Waals surface area (Å²) in [5, 5.41) is 11.6. The molecule has 0 bridgehead atoms. The predicted molar refractivity (Wildman–Crippen MR) is 114 cm³/mol. The van der Waals surface area contributed by atoms with Gasteiger partial charge in [0, 0.05) is 6.04 Å². The molecule has 0 aromatic carbocycles. The minimum atomic E-state index is -0.710. The van der Waals surface area contributed by atoms with Crippen LogP contribution >= 0.6 is 0 Å². The number of amides is 3. The normalized spacial score (nSPS) is 16.1. The van der Waals surface area contributed by atoms with Gasteiger partial charge in [0.1, 0.15) is 12.1 Å². The summed E-state index contributed by atoms with van der Waals surface area (Å²) < 4.78 is 0. The van der Waals surface area contributed by atoms with Crippen LogP contribution in [0.4, 0.5) is 0 Å². The molecule has 0 saturated carbocycles. The molecule has 4 N–H and O–H groups in total. The average molecular weight is 399 g/mol. The molecule has 0 heterocycles. The first kappa shape index (κ1) is 26.4. The minimum absolute atomic E-state index is 0.00804. The van der Waals surface area contributed by atoms with Gasteiger partial charge in [0.25, 0.3) is 0 Å². The van der Waals surface area contributed by atoms with Crippen LogP contribution in [-0.2, 0) is 14.4 Å². The maximum absolute atomic E-state index is 12.9. The molecule has 7 heteroatoms. The first-order chi connectivity index (χ1) is 12.8. The van der Waals surface area contributed by atoms with Gasteiger partial charge in [-0.2, -0.15) is 0 Å². The second kappa shape index (κ2) is 12.0. The standard InChI is InChI=1S/C21H42N4O3/c1-11(2)15(9)23-20(27)17(13(5)6)25-21(28)18(14(7)8)24-19(26)16(22-10)12(3)4/h11-18,22H,1-10H3,(H,23,27)(H,24,26)(H,25,28). The molecule has 4 unspecified atom stereocenters. The topological polar surface area (TPSA) is 99.3 Å². The maximum atomic E-state index is 12.9. The fourth-order valence-electron chi connectivity index (χ4n) is 2.80. The highest BCUT2D eigenvalue weighted by Gasteiger charge is 2.32. The van der Waals surface area contributed by atoms with Crippen molar-refractivity contribution in [2.24, 2.45) is 23.7 Å². The lowest BCUT2D eigenvalue weighted by molar-refractivity contribution is -0.134. The molecular weight excluding hydrogens is 356 g/mol. The summed E-state index contributed by atoms with van der Waals surface area (Å²) in [6, 6.07) is -1.74. The third-order valence-corrected chi connectivity index (χ3v) is 5.12. The summed E-state index contributed by atoms with van der Waals surface area (Å²) in [5.41, 5.74) is 0. The van der Waals surface area contributed by atoms with Crippen LogP contribution in [0, 0.1) is 23.7 Å². The van der Waals surface area contributed by atoms with Gasteiger partial charge in [-0.3, -0.25) is 14.4 Å². The molecule has 0 rings (SSSR count). The SMILES string of the molecule is CNC(C(=O)NC(C(=O)NC(C(=O)NC(C)C(C)C)C(C)C)C(C)C)C(C)C. The average Bonchev–Trinajstić information content (AvgIpc) is 2.56. The quantitative estimate of drug-likeness (QED) is 0.425. The number of hydrogen-bond acceptors (Lipinski definition) is 4. The van der Waals surface area contributed by atoms with Gasteiger partial charge in [0.15, 0.2) is 0 Å². The lowest BCUT2D eigenvalue weighted by Crippen LogP contribution is -2.59. The molecule has 0 aliphatic carbocycles. The molecule has 4 atom stereocenters. The van der Waals surface area contributed by atoms with Crippen LogP contribution in [0.15, 0.2) is 0 Å². The van der Waals surface area contributed by atoms with Gasteiger partial charge in [0.2, 0.25) is 17.7 Å². The van der Waals surface area contributed by atoms with Gasteiger partial charge in [-0.15, -0.1) is 0 Å². The zero-order valence-corrected chi connectivity index (χ0v) is 19.3. The lowest BCUT2D eigenvalue weighted by atomic mass is 9.97. The molecule has 0 saturated heterocycles. The Morgan fingerprint density at radius 2 is 0.821 bits per heavy atom. The molecule has 164 valence electrons. The monoisotopic (exact) mass is 398 g/mol. The number of likely N-dealkylation sites (N-methyl/N-ethyl adjacent to an activating group) is 1. The van der Waals surface area contributed by atoms with Crippen LogP contribution in [-0.4, -0.2) is 48.9 Å².